The van der Waals surface area contributed by atoms with Crippen molar-refractivity contribution in [2.24, 2.45) is 5.92 Å². The third-order valence-electron chi connectivity index (χ3n) is 2.44. The van der Waals surface area contributed by atoms with Crippen molar-refractivity contribution in [2.75, 3.05) is 0 Å². The highest BCUT2D eigenvalue weighted by molar-refractivity contribution is 5.78. The lowest BCUT2D eigenvalue weighted by molar-refractivity contribution is -0.119. The zero-order valence-electron chi connectivity index (χ0n) is 9.57. The molecule has 82 valence electrons. The number of aromatic nitrogens is 1. The number of carbonyl (C=O) groups excluding carboxylic acids is 1. The van der Waals surface area contributed by atoms with Gasteiger partial charge in [0, 0.05) is 25.2 Å². The zero-order valence-corrected chi connectivity index (χ0v) is 9.57. The standard InChI is InChI=1S/C13H19NO/c1-11(2)3-5-13(15)6-4-12-7-9-14-10-8-12/h7-11H,3-6H2,1-2H3. The van der Waals surface area contributed by atoms with Crippen LogP contribution in [0.25, 0.3) is 0 Å². The molecule has 0 atom stereocenters. The number of pyridine rings is 1. The summed E-state index contributed by atoms with van der Waals surface area (Å²) in [7, 11) is 0. The van der Waals surface area contributed by atoms with Crippen LogP contribution in [0.4, 0.5) is 0 Å². The van der Waals surface area contributed by atoms with E-state index in [0.717, 1.165) is 19.3 Å². The van der Waals surface area contributed by atoms with E-state index in [-0.39, 0.29) is 0 Å². The first-order valence-corrected chi connectivity index (χ1v) is 5.59. The fraction of sp³-hybridized carbons (Fsp3) is 0.538. The number of rotatable bonds is 6. The van der Waals surface area contributed by atoms with Crippen molar-refractivity contribution in [3.05, 3.63) is 30.1 Å². The van der Waals surface area contributed by atoms with Crippen LogP contribution in [0.2, 0.25) is 0 Å². The van der Waals surface area contributed by atoms with Gasteiger partial charge in [0.05, 0.1) is 0 Å². The van der Waals surface area contributed by atoms with Crippen molar-refractivity contribution in [1.29, 1.82) is 0 Å². The Morgan fingerprint density at radius 2 is 1.93 bits per heavy atom. The molecular formula is C13H19NO. The first-order chi connectivity index (χ1) is 7.18. The molecule has 0 unspecified atom stereocenters. The molecule has 2 nitrogen and oxygen atoms in total. The maximum Gasteiger partial charge on any atom is 0.133 e. The van der Waals surface area contributed by atoms with Crippen molar-refractivity contribution < 1.29 is 4.79 Å². The molecule has 0 bridgehead atoms. The third kappa shape index (κ3) is 5.31. The average Bonchev–Trinajstić information content (AvgIpc) is 2.25. The highest BCUT2D eigenvalue weighted by Crippen LogP contribution is 2.08. The van der Waals surface area contributed by atoms with Crippen LogP contribution in [0.5, 0.6) is 0 Å². The Hall–Kier alpha value is -1.18. The highest BCUT2D eigenvalue weighted by atomic mass is 16.1. The summed E-state index contributed by atoms with van der Waals surface area (Å²) in [6, 6.07) is 3.94. The third-order valence-corrected chi connectivity index (χ3v) is 2.44. The molecule has 2 heteroatoms. The smallest absolute Gasteiger partial charge is 0.133 e. The minimum Gasteiger partial charge on any atom is -0.300 e. The molecular weight excluding hydrogens is 186 g/mol. The Bertz CT molecular complexity index is 293. The summed E-state index contributed by atoms with van der Waals surface area (Å²) < 4.78 is 0. The van der Waals surface area contributed by atoms with Gasteiger partial charge in [-0.1, -0.05) is 13.8 Å². The first-order valence-electron chi connectivity index (χ1n) is 5.59. The summed E-state index contributed by atoms with van der Waals surface area (Å²) >= 11 is 0. The SMILES string of the molecule is CC(C)CCC(=O)CCc1ccncc1. The van der Waals surface area contributed by atoms with Gasteiger partial charge in [-0.2, -0.15) is 0 Å². The van der Waals surface area contributed by atoms with E-state index in [2.05, 4.69) is 18.8 Å². The Kier molecular flexibility index (Phi) is 5.02. The van der Waals surface area contributed by atoms with E-state index in [4.69, 9.17) is 0 Å². The summed E-state index contributed by atoms with van der Waals surface area (Å²) in [6.45, 7) is 4.30. The second kappa shape index (κ2) is 6.33. The van der Waals surface area contributed by atoms with Crippen LogP contribution in [-0.2, 0) is 11.2 Å². The zero-order chi connectivity index (χ0) is 11.1. The summed E-state index contributed by atoms with van der Waals surface area (Å²) in [4.78, 5) is 15.5. The van der Waals surface area contributed by atoms with E-state index in [1.807, 2.05) is 12.1 Å². The molecule has 0 spiro atoms. The van der Waals surface area contributed by atoms with Gasteiger partial charge in [-0.05, 0) is 36.5 Å². The van der Waals surface area contributed by atoms with E-state index in [9.17, 15) is 4.79 Å². The minimum atomic E-state index is 0.375. The van der Waals surface area contributed by atoms with Crippen LogP contribution in [0.3, 0.4) is 0 Å². The molecule has 1 aromatic heterocycles. The van der Waals surface area contributed by atoms with E-state index in [1.165, 1.54) is 5.56 Å². The number of hydrogen-bond donors (Lipinski definition) is 0. The molecule has 0 N–H and O–H groups in total. The van der Waals surface area contributed by atoms with Crippen LogP contribution < -0.4 is 0 Å². The summed E-state index contributed by atoms with van der Waals surface area (Å²) in [5.41, 5.74) is 1.20. The number of nitrogens with zero attached hydrogens (tertiary/aromatic N) is 1. The van der Waals surface area contributed by atoms with Gasteiger partial charge in [0.15, 0.2) is 0 Å². The number of carbonyl (C=O) groups is 1. The molecule has 0 radical (unpaired) electrons. The van der Waals surface area contributed by atoms with Gasteiger partial charge in [-0.3, -0.25) is 9.78 Å². The Labute approximate surface area is 91.7 Å². The lowest BCUT2D eigenvalue weighted by atomic mass is 10.0. The summed E-state index contributed by atoms with van der Waals surface area (Å²) in [6.07, 6.45) is 6.79. The summed E-state index contributed by atoms with van der Waals surface area (Å²) in [5, 5.41) is 0. The predicted octanol–water partition coefficient (Wildman–Crippen LogP) is 3.02. The average molecular weight is 205 g/mol. The van der Waals surface area contributed by atoms with E-state index >= 15 is 0 Å². The molecule has 0 saturated carbocycles. The summed E-state index contributed by atoms with van der Waals surface area (Å²) in [5.74, 6) is 0.996. The van der Waals surface area contributed by atoms with Crippen molar-refractivity contribution in [2.45, 2.75) is 39.5 Å². The Morgan fingerprint density at radius 3 is 2.53 bits per heavy atom. The van der Waals surface area contributed by atoms with Gasteiger partial charge >= 0.3 is 0 Å². The van der Waals surface area contributed by atoms with E-state index in [0.29, 0.717) is 18.1 Å². The second-order valence-electron chi connectivity index (χ2n) is 4.33. The molecule has 1 rings (SSSR count). The van der Waals surface area contributed by atoms with Crippen molar-refractivity contribution in [1.82, 2.24) is 4.98 Å². The highest BCUT2D eigenvalue weighted by Gasteiger charge is 2.04. The fourth-order valence-electron chi connectivity index (χ4n) is 1.41. The lowest BCUT2D eigenvalue weighted by Crippen LogP contribution is -2.02. The van der Waals surface area contributed by atoms with E-state index in [1.54, 1.807) is 12.4 Å². The van der Waals surface area contributed by atoms with Gasteiger partial charge in [0.2, 0.25) is 0 Å². The topological polar surface area (TPSA) is 30.0 Å². The van der Waals surface area contributed by atoms with Gasteiger partial charge in [-0.25, -0.2) is 0 Å². The molecule has 0 aliphatic heterocycles. The number of ketones is 1. The number of Topliss-reactive ketones (excluding diaryl/α,β-unsaturated/α-hetero) is 1. The van der Waals surface area contributed by atoms with Crippen LogP contribution in [0, 0.1) is 5.92 Å². The van der Waals surface area contributed by atoms with Gasteiger partial charge in [-0.15, -0.1) is 0 Å². The molecule has 1 heterocycles. The van der Waals surface area contributed by atoms with Gasteiger partial charge in [0.1, 0.15) is 5.78 Å². The van der Waals surface area contributed by atoms with Crippen LogP contribution in [0.1, 0.15) is 38.7 Å². The van der Waals surface area contributed by atoms with Crippen LogP contribution >= 0.6 is 0 Å². The molecule has 0 aliphatic carbocycles. The molecule has 0 amide bonds. The molecule has 15 heavy (non-hydrogen) atoms. The fourth-order valence-corrected chi connectivity index (χ4v) is 1.41. The van der Waals surface area contributed by atoms with Crippen molar-refractivity contribution in [3.63, 3.8) is 0 Å². The quantitative estimate of drug-likeness (QED) is 0.714. The van der Waals surface area contributed by atoms with Gasteiger partial charge < -0.3 is 0 Å². The maximum atomic E-state index is 11.5. The Balaban J connectivity index is 2.23. The molecule has 1 aromatic rings. The molecule has 0 aromatic carbocycles. The first kappa shape index (κ1) is 11.9. The van der Waals surface area contributed by atoms with Crippen LogP contribution in [-0.4, -0.2) is 10.8 Å². The largest absolute Gasteiger partial charge is 0.300 e. The normalized spacial score (nSPS) is 10.6. The maximum absolute atomic E-state index is 11.5. The number of hydrogen-bond acceptors (Lipinski definition) is 2. The van der Waals surface area contributed by atoms with Crippen LogP contribution in [0.15, 0.2) is 24.5 Å². The molecule has 0 fully saturated rings. The Morgan fingerprint density at radius 1 is 1.27 bits per heavy atom. The molecule has 0 aliphatic rings. The minimum absolute atomic E-state index is 0.375. The van der Waals surface area contributed by atoms with Gasteiger partial charge in [0.25, 0.3) is 0 Å². The predicted molar refractivity (Wildman–Crippen MR) is 61.6 cm³/mol. The van der Waals surface area contributed by atoms with E-state index < -0.39 is 0 Å². The monoisotopic (exact) mass is 205 g/mol. The lowest BCUT2D eigenvalue weighted by Gasteiger charge is -2.03. The second-order valence-corrected chi connectivity index (χ2v) is 4.33. The number of aryl methyl sites for hydroxylation is 1. The molecule has 0 saturated heterocycles. The van der Waals surface area contributed by atoms with Crippen molar-refractivity contribution >= 4 is 5.78 Å². The van der Waals surface area contributed by atoms with Crippen molar-refractivity contribution in [3.8, 4) is 0 Å².